The molecule has 114 valence electrons. The van der Waals surface area contributed by atoms with E-state index in [-0.39, 0.29) is 0 Å². The molecular weight excluding hydrogens is 260 g/mol. The van der Waals surface area contributed by atoms with Gasteiger partial charge in [0.05, 0.1) is 5.41 Å². The van der Waals surface area contributed by atoms with Crippen LogP contribution in [0.15, 0.2) is 24.3 Å². The first-order valence-electron chi connectivity index (χ1n) is 8.57. The minimum Gasteiger partial charge on any atom is -0.481 e. The maximum absolute atomic E-state index is 12.1. The highest BCUT2D eigenvalue weighted by Crippen LogP contribution is 2.45. The molecule has 1 aromatic rings. The Bertz CT molecular complexity index is 494. The van der Waals surface area contributed by atoms with E-state index < -0.39 is 11.4 Å². The van der Waals surface area contributed by atoms with Gasteiger partial charge in [0.2, 0.25) is 0 Å². The fraction of sp³-hybridized carbons (Fsp3) is 0.632. The normalized spacial score (nSPS) is 22.9. The fourth-order valence-corrected chi connectivity index (χ4v) is 4.46. The highest BCUT2D eigenvalue weighted by atomic mass is 16.4. The van der Waals surface area contributed by atoms with E-state index in [4.69, 9.17) is 0 Å². The summed E-state index contributed by atoms with van der Waals surface area (Å²) in [6.07, 6.45) is 11.3. The zero-order valence-electron chi connectivity index (χ0n) is 12.8. The minimum absolute atomic E-state index is 0.577. The van der Waals surface area contributed by atoms with Crippen molar-refractivity contribution in [2.45, 2.75) is 75.5 Å². The van der Waals surface area contributed by atoms with Gasteiger partial charge in [-0.05, 0) is 42.7 Å². The van der Waals surface area contributed by atoms with Crippen molar-refractivity contribution >= 4 is 5.97 Å². The predicted octanol–water partition coefficient (Wildman–Crippen LogP) is 5.02. The highest BCUT2D eigenvalue weighted by molar-refractivity contribution is 5.82. The quantitative estimate of drug-likeness (QED) is 0.847. The molecule has 3 rings (SSSR count). The smallest absolute Gasteiger partial charge is 0.314 e. The van der Waals surface area contributed by atoms with Gasteiger partial charge in [-0.15, -0.1) is 0 Å². The van der Waals surface area contributed by atoms with Crippen molar-refractivity contribution < 1.29 is 9.90 Å². The number of benzene rings is 1. The summed E-state index contributed by atoms with van der Waals surface area (Å²) in [6.45, 7) is 0. The molecule has 0 spiro atoms. The van der Waals surface area contributed by atoms with Crippen molar-refractivity contribution in [3.8, 4) is 0 Å². The number of carboxylic acids is 1. The molecule has 0 radical (unpaired) electrons. The maximum atomic E-state index is 12.1. The van der Waals surface area contributed by atoms with Crippen LogP contribution in [0.25, 0.3) is 0 Å². The minimum atomic E-state index is -0.619. The average molecular weight is 286 g/mol. The summed E-state index contributed by atoms with van der Waals surface area (Å²) >= 11 is 0. The molecule has 2 nitrogen and oxygen atoms in total. The van der Waals surface area contributed by atoms with Crippen LogP contribution in [0.2, 0.25) is 0 Å². The molecule has 0 aromatic heterocycles. The summed E-state index contributed by atoms with van der Waals surface area (Å²) in [7, 11) is 0. The van der Waals surface area contributed by atoms with E-state index in [1.807, 2.05) is 6.07 Å². The van der Waals surface area contributed by atoms with Crippen molar-refractivity contribution in [1.29, 1.82) is 0 Å². The van der Waals surface area contributed by atoms with Crippen LogP contribution in [0.3, 0.4) is 0 Å². The Morgan fingerprint density at radius 2 is 1.57 bits per heavy atom. The number of rotatable bonds is 3. The Balaban J connectivity index is 2.01. The number of aliphatic carboxylic acids is 1. The number of carboxylic acid groups (broad SMARTS) is 1. The molecule has 0 atom stereocenters. The average Bonchev–Trinajstić information content (AvgIpc) is 2.56. The molecule has 2 aliphatic rings. The largest absolute Gasteiger partial charge is 0.481 e. The van der Waals surface area contributed by atoms with Crippen LogP contribution in [-0.4, -0.2) is 11.1 Å². The van der Waals surface area contributed by atoms with Gasteiger partial charge < -0.3 is 5.11 Å². The van der Waals surface area contributed by atoms with Crippen molar-refractivity contribution in [2.24, 2.45) is 0 Å². The topological polar surface area (TPSA) is 37.3 Å². The van der Waals surface area contributed by atoms with Gasteiger partial charge in [0.25, 0.3) is 0 Å². The second-order valence-corrected chi connectivity index (χ2v) is 6.87. The lowest BCUT2D eigenvalue weighted by Gasteiger charge is -2.37. The van der Waals surface area contributed by atoms with Crippen LogP contribution in [0.4, 0.5) is 0 Å². The van der Waals surface area contributed by atoms with E-state index in [1.54, 1.807) is 0 Å². The summed E-state index contributed by atoms with van der Waals surface area (Å²) in [6, 6.07) is 8.42. The highest BCUT2D eigenvalue weighted by Gasteiger charge is 2.43. The van der Waals surface area contributed by atoms with Gasteiger partial charge in [0.15, 0.2) is 0 Å². The Labute approximate surface area is 127 Å². The standard InChI is InChI=1S/C19H26O2/c20-18(21)19(13-7-2-8-14-19)17-12-6-5-11-16(17)15-9-3-1-4-10-15/h5-6,11-12,15H,1-4,7-10,13-14H2,(H,20,21). The monoisotopic (exact) mass is 286 g/mol. The number of carbonyl (C=O) groups is 1. The van der Waals surface area contributed by atoms with Crippen molar-refractivity contribution in [2.75, 3.05) is 0 Å². The molecule has 2 saturated carbocycles. The van der Waals surface area contributed by atoms with E-state index in [0.29, 0.717) is 5.92 Å². The van der Waals surface area contributed by atoms with Gasteiger partial charge in [-0.3, -0.25) is 4.79 Å². The van der Waals surface area contributed by atoms with Gasteiger partial charge in [-0.1, -0.05) is 62.8 Å². The van der Waals surface area contributed by atoms with Gasteiger partial charge in [0, 0.05) is 0 Å². The zero-order valence-corrected chi connectivity index (χ0v) is 12.8. The van der Waals surface area contributed by atoms with Crippen LogP contribution >= 0.6 is 0 Å². The third-order valence-electron chi connectivity index (χ3n) is 5.64. The summed E-state index contributed by atoms with van der Waals surface area (Å²) in [5.41, 5.74) is 1.84. The van der Waals surface area contributed by atoms with E-state index in [2.05, 4.69) is 18.2 Å². The SMILES string of the molecule is O=C(O)C1(c2ccccc2C2CCCCC2)CCCCC1. The van der Waals surface area contributed by atoms with Crippen molar-refractivity contribution in [1.82, 2.24) is 0 Å². The summed E-state index contributed by atoms with van der Waals surface area (Å²) < 4.78 is 0. The molecule has 0 amide bonds. The van der Waals surface area contributed by atoms with Gasteiger partial charge in [-0.2, -0.15) is 0 Å². The molecule has 2 aliphatic carbocycles. The molecule has 2 heteroatoms. The molecule has 0 unspecified atom stereocenters. The van der Waals surface area contributed by atoms with E-state index in [9.17, 15) is 9.90 Å². The van der Waals surface area contributed by atoms with Crippen LogP contribution in [0.5, 0.6) is 0 Å². The predicted molar refractivity (Wildman–Crippen MR) is 84.7 cm³/mol. The second kappa shape index (κ2) is 6.21. The molecule has 0 bridgehead atoms. The van der Waals surface area contributed by atoms with Crippen molar-refractivity contribution in [3.63, 3.8) is 0 Å². The Kier molecular flexibility index (Phi) is 4.32. The van der Waals surface area contributed by atoms with Gasteiger partial charge >= 0.3 is 5.97 Å². The summed E-state index contributed by atoms with van der Waals surface area (Å²) in [5.74, 6) is -0.0291. The van der Waals surface area contributed by atoms with Gasteiger partial charge in [0.1, 0.15) is 0 Å². The number of hydrogen-bond donors (Lipinski definition) is 1. The zero-order chi connectivity index (χ0) is 14.7. The van der Waals surface area contributed by atoms with Crippen LogP contribution in [0, 0.1) is 0 Å². The molecule has 1 aromatic carbocycles. The molecule has 0 aliphatic heterocycles. The van der Waals surface area contributed by atoms with E-state index in [0.717, 1.165) is 31.2 Å². The Morgan fingerprint density at radius 1 is 0.952 bits per heavy atom. The third-order valence-corrected chi connectivity index (χ3v) is 5.64. The van der Waals surface area contributed by atoms with Crippen LogP contribution < -0.4 is 0 Å². The molecular formula is C19H26O2. The second-order valence-electron chi connectivity index (χ2n) is 6.87. The van der Waals surface area contributed by atoms with E-state index >= 15 is 0 Å². The summed E-state index contributed by atoms with van der Waals surface area (Å²) in [4.78, 5) is 12.1. The first-order chi connectivity index (χ1) is 10.2. The number of hydrogen-bond acceptors (Lipinski definition) is 1. The van der Waals surface area contributed by atoms with Crippen LogP contribution in [-0.2, 0) is 10.2 Å². The van der Waals surface area contributed by atoms with Gasteiger partial charge in [-0.25, -0.2) is 0 Å². The van der Waals surface area contributed by atoms with Crippen molar-refractivity contribution in [3.05, 3.63) is 35.4 Å². The molecule has 0 saturated heterocycles. The lowest BCUT2D eigenvalue weighted by molar-refractivity contribution is -0.145. The maximum Gasteiger partial charge on any atom is 0.314 e. The molecule has 1 N–H and O–H groups in total. The molecule has 2 fully saturated rings. The Hall–Kier alpha value is -1.31. The first kappa shape index (κ1) is 14.6. The molecule has 0 heterocycles. The lowest BCUT2D eigenvalue weighted by atomic mass is 9.66. The Morgan fingerprint density at radius 3 is 2.24 bits per heavy atom. The lowest BCUT2D eigenvalue weighted by Crippen LogP contribution is -2.39. The third kappa shape index (κ3) is 2.73. The fourth-order valence-electron chi connectivity index (χ4n) is 4.46. The van der Waals surface area contributed by atoms with E-state index in [1.165, 1.54) is 44.1 Å². The summed E-state index contributed by atoms with van der Waals surface area (Å²) in [5, 5.41) is 9.97. The first-order valence-corrected chi connectivity index (χ1v) is 8.57. The molecule has 21 heavy (non-hydrogen) atoms. The van der Waals surface area contributed by atoms with Crippen LogP contribution in [0.1, 0.15) is 81.3 Å².